The Morgan fingerprint density at radius 2 is 1.36 bits per heavy atom. The van der Waals surface area contributed by atoms with E-state index in [0.717, 1.165) is 18.2 Å². The number of rotatable bonds is 4. The molecule has 1 aromatic carbocycles. The highest BCUT2D eigenvalue weighted by Crippen LogP contribution is 2.30. The first kappa shape index (κ1) is 20.3. The summed E-state index contributed by atoms with van der Waals surface area (Å²) < 4.78 is 27.3. The van der Waals surface area contributed by atoms with Gasteiger partial charge in [0.2, 0.25) is 11.6 Å². The summed E-state index contributed by atoms with van der Waals surface area (Å²) in [6.45, 7) is 0. The van der Waals surface area contributed by atoms with Crippen LogP contribution in [0.2, 0.25) is 0 Å². The lowest BCUT2D eigenvalue weighted by Gasteiger charge is -2.18. The maximum atomic E-state index is 14.1. The third-order valence-corrected chi connectivity index (χ3v) is 4.88. The SMILES string of the molecule is O=C1C=C(Nc2ccc(F)cc2F)C(=O)c2nc(-c3ccccn3)c(-c3ccccn3)nc21. The van der Waals surface area contributed by atoms with E-state index in [-0.39, 0.29) is 28.5 Å². The van der Waals surface area contributed by atoms with Crippen molar-refractivity contribution in [2.75, 3.05) is 5.32 Å². The van der Waals surface area contributed by atoms with Gasteiger partial charge in [-0.05, 0) is 36.4 Å². The lowest BCUT2D eigenvalue weighted by atomic mass is 9.99. The fraction of sp³-hybridized carbons (Fsp3) is 0. The maximum Gasteiger partial charge on any atom is 0.230 e. The third kappa shape index (κ3) is 3.76. The number of benzene rings is 1. The van der Waals surface area contributed by atoms with E-state index >= 15 is 0 Å². The number of nitrogens with zero attached hydrogens (tertiary/aromatic N) is 4. The van der Waals surface area contributed by atoms with Crippen molar-refractivity contribution in [2.45, 2.75) is 0 Å². The standard InChI is InChI=1S/C24H13F2N5O2/c25-13-7-8-15(14(26)11-13)29-18-12-19(32)22-23(24(18)33)31-21(17-6-2-4-10-28-17)20(30-22)16-5-1-3-9-27-16/h1-12,29H. The number of fused-ring (bicyclic) bond motifs is 1. The molecular weight excluding hydrogens is 428 g/mol. The van der Waals surface area contributed by atoms with Gasteiger partial charge in [-0.3, -0.25) is 19.6 Å². The summed E-state index contributed by atoms with van der Waals surface area (Å²) >= 11 is 0. The Bertz CT molecular complexity index is 1440. The molecule has 0 amide bonds. The van der Waals surface area contributed by atoms with Crippen LogP contribution in [0.15, 0.2) is 78.8 Å². The van der Waals surface area contributed by atoms with Crippen molar-refractivity contribution in [3.63, 3.8) is 0 Å². The van der Waals surface area contributed by atoms with E-state index in [1.165, 1.54) is 0 Å². The first-order valence-electron chi connectivity index (χ1n) is 9.79. The summed E-state index contributed by atoms with van der Waals surface area (Å²) in [5.41, 5.74) is 0.739. The van der Waals surface area contributed by atoms with Gasteiger partial charge in [0.25, 0.3) is 0 Å². The molecule has 3 heterocycles. The largest absolute Gasteiger partial charge is 0.350 e. The molecule has 0 saturated carbocycles. The lowest BCUT2D eigenvalue weighted by molar-refractivity contribution is 0.0978. The number of allylic oxidation sites excluding steroid dienone is 2. The predicted molar refractivity (Wildman–Crippen MR) is 115 cm³/mol. The predicted octanol–water partition coefficient (Wildman–Crippen LogP) is 4.25. The quantitative estimate of drug-likeness (QED) is 0.506. The molecule has 9 heteroatoms. The summed E-state index contributed by atoms with van der Waals surface area (Å²) in [5, 5.41) is 2.56. The summed E-state index contributed by atoms with van der Waals surface area (Å²) in [6.07, 6.45) is 4.16. The van der Waals surface area contributed by atoms with Gasteiger partial charge < -0.3 is 5.32 Å². The Hall–Kier alpha value is -4.66. The molecule has 0 radical (unpaired) electrons. The number of aromatic nitrogens is 4. The molecule has 1 N–H and O–H groups in total. The van der Waals surface area contributed by atoms with Crippen molar-refractivity contribution < 1.29 is 18.4 Å². The number of nitrogens with one attached hydrogen (secondary N) is 1. The van der Waals surface area contributed by atoms with Crippen LogP contribution in [-0.2, 0) is 0 Å². The Morgan fingerprint density at radius 1 is 0.727 bits per heavy atom. The molecule has 0 saturated heterocycles. The zero-order valence-corrected chi connectivity index (χ0v) is 16.8. The van der Waals surface area contributed by atoms with E-state index in [4.69, 9.17) is 0 Å². The van der Waals surface area contributed by atoms with E-state index < -0.39 is 23.2 Å². The highest BCUT2D eigenvalue weighted by Gasteiger charge is 2.31. The highest BCUT2D eigenvalue weighted by molar-refractivity contribution is 6.24. The van der Waals surface area contributed by atoms with Gasteiger partial charge >= 0.3 is 0 Å². The molecule has 1 aliphatic rings. The summed E-state index contributed by atoms with van der Waals surface area (Å²) in [4.78, 5) is 43.5. The highest BCUT2D eigenvalue weighted by atomic mass is 19.1. The Labute approximate surface area is 185 Å². The molecular formula is C24H13F2N5O2. The molecule has 0 bridgehead atoms. The number of ketones is 2. The van der Waals surface area contributed by atoms with Crippen molar-refractivity contribution in [1.29, 1.82) is 0 Å². The zero-order chi connectivity index (χ0) is 22.9. The summed E-state index contributed by atoms with van der Waals surface area (Å²) in [7, 11) is 0. The van der Waals surface area contributed by atoms with Crippen molar-refractivity contribution in [2.24, 2.45) is 0 Å². The van der Waals surface area contributed by atoms with Gasteiger partial charge in [0.1, 0.15) is 34.4 Å². The van der Waals surface area contributed by atoms with Crippen LogP contribution >= 0.6 is 0 Å². The molecule has 0 aliphatic heterocycles. The van der Waals surface area contributed by atoms with Crippen LogP contribution in [0.3, 0.4) is 0 Å². The molecule has 0 unspecified atom stereocenters. The molecule has 1 aliphatic carbocycles. The second kappa shape index (κ2) is 8.12. The van der Waals surface area contributed by atoms with Crippen molar-refractivity contribution in [3.8, 4) is 22.8 Å². The monoisotopic (exact) mass is 441 g/mol. The van der Waals surface area contributed by atoms with Crippen molar-refractivity contribution in [3.05, 3.63) is 102 Å². The van der Waals surface area contributed by atoms with Crippen molar-refractivity contribution >= 4 is 17.3 Å². The minimum Gasteiger partial charge on any atom is -0.350 e. The molecule has 0 fully saturated rings. The molecule has 7 nitrogen and oxygen atoms in total. The lowest BCUT2D eigenvalue weighted by Crippen LogP contribution is -2.25. The van der Waals surface area contributed by atoms with E-state index in [0.29, 0.717) is 23.1 Å². The first-order valence-corrected chi connectivity index (χ1v) is 9.79. The number of anilines is 1. The number of pyridine rings is 2. The normalized spacial score (nSPS) is 12.8. The fourth-order valence-electron chi connectivity index (χ4n) is 3.35. The maximum absolute atomic E-state index is 14.1. The molecule has 4 aromatic rings. The molecule has 5 rings (SSSR count). The van der Waals surface area contributed by atoms with Gasteiger partial charge in [-0.1, -0.05) is 12.1 Å². The van der Waals surface area contributed by atoms with Crippen LogP contribution < -0.4 is 5.32 Å². The third-order valence-electron chi connectivity index (χ3n) is 4.88. The van der Waals surface area contributed by atoms with E-state index in [9.17, 15) is 18.4 Å². The number of hydrogen-bond donors (Lipinski definition) is 1. The topological polar surface area (TPSA) is 97.7 Å². The number of carbonyl (C=O) groups excluding carboxylic acids is 2. The molecule has 160 valence electrons. The minimum absolute atomic E-state index is 0.148. The Morgan fingerprint density at radius 3 is 1.94 bits per heavy atom. The first-order chi connectivity index (χ1) is 16.0. The van der Waals surface area contributed by atoms with Crippen LogP contribution in [0.25, 0.3) is 22.8 Å². The molecule has 0 spiro atoms. The molecule has 3 aromatic heterocycles. The van der Waals surface area contributed by atoms with Crippen LogP contribution in [-0.4, -0.2) is 31.5 Å². The van der Waals surface area contributed by atoms with E-state index in [2.05, 4.69) is 25.3 Å². The number of halogens is 2. The Kier molecular flexibility index (Phi) is 4.98. The van der Waals surface area contributed by atoms with Crippen LogP contribution in [0, 0.1) is 11.6 Å². The van der Waals surface area contributed by atoms with E-state index in [1.807, 2.05) is 0 Å². The Balaban J connectivity index is 1.63. The van der Waals surface area contributed by atoms with Gasteiger partial charge in [-0.2, -0.15) is 0 Å². The van der Waals surface area contributed by atoms with Crippen molar-refractivity contribution in [1.82, 2.24) is 19.9 Å². The number of Topliss-reactive ketones (excluding diaryl/α,β-unsaturated/α-hetero) is 1. The van der Waals surface area contributed by atoms with Gasteiger partial charge in [0.15, 0.2) is 0 Å². The summed E-state index contributed by atoms with van der Waals surface area (Å²) in [6, 6.07) is 13.2. The second-order valence-corrected chi connectivity index (χ2v) is 7.05. The van der Waals surface area contributed by atoms with Crippen LogP contribution in [0.4, 0.5) is 14.5 Å². The van der Waals surface area contributed by atoms with E-state index in [1.54, 1.807) is 48.8 Å². The second-order valence-electron chi connectivity index (χ2n) is 7.05. The van der Waals surface area contributed by atoms with Gasteiger partial charge in [-0.25, -0.2) is 18.7 Å². The molecule has 33 heavy (non-hydrogen) atoms. The molecule has 0 atom stereocenters. The van der Waals surface area contributed by atoms with Crippen LogP contribution in [0.5, 0.6) is 0 Å². The minimum atomic E-state index is -0.910. The number of carbonyl (C=O) groups is 2. The summed E-state index contributed by atoms with van der Waals surface area (Å²) in [5.74, 6) is -2.93. The van der Waals surface area contributed by atoms with Gasteiger partial charge in [-0.15, -0.1) is 0 Å². The fourth-order valence-corrected chi connectivity index (χ4v) is 3.35. The number of hydrogen-bond acceptors (Lipinski definition) is 7. The average molecular weight is 441 g/mol. The van der Waals surface area contributed by atoms with Gasteiger partial charge in [0.05, 0.1) is 22.8 Å². The van der Waals surface area contributed by atoms with Crippen LogP contribution in [0.1, 0.15) is 21.0 Å². The zero-order valence-electron chi connectivity index (χ0n) is 16.8. The van der Waals surface area contributed by atoms with Gasteiger partial charge in [0, 0.05) is 24.5 Å². The average Bonchev–Trinajstić information content (AvgIpc) is 2.84. The smallest absolute Gasteiger partial charge is 0.230 e.